The topological polar surface area (TPSA) is 25.2 Å². The van der Waals surface area contributed by atoms with Crippen LogP contribution in [0.2, 0.25) is 0 Å². The molecule has 1 aromatic rings. The molecule has 0 amide bonds. The molecule has 14 heavy (non-hydrogen) atoms. The largest absolute Gasteiger partial charge is 0.465 e. The van der Waals surface area contributed by atoms with Gasteiger partial charge in [-0.25, -0.2) is 0 Å². The Morgan fingerprint density at radius 2 is 2.14 bits per heavy atom. The van der Waals surface area contributed by atoms with E-state index in [2.05, 4.69) is 25.4 Å². The van der Waals surface area contributed by atoms with E-state index in [-0.39, 0.29) is 0 Å². The standard InChI is InChI=1S/C11H19NOS/c1-8(7-14-4)12-10(3)11-6-5-9(2)13-11/h5-6,8,10,12H,7H2,1-4H3. The average Bonchev–Trinajstić information content (AvgIpc) is 2.52. The van der Waals surface area contributed by atoms with Gasteiger partial charge in [0.2, 0.25) is 0 Å². The van der Waals surface area contributed by atoms with Gasteiger partial charge in [0.1, 0.15) is 11.5 Å². The van der Waals surface area contributed by atoms with Gasteiger partial charge >= 0.3 is 0 Å². The van der Waals surface area contributed by atoms with Crippen LogP contribution in [0.4, 0.5) is 0 Å². The molecular weight excluding hydrogens is 194 g/mol. The van der Waals surface area contributed by atoms with E-state index < -0.39 is 0 Å². The molecule has 0 radical (unpaired) electrons. The Morgan fingerprint density at radius 1 is 1.43 bits per heavy atom. The van der Waals surface area contributed by atoms with Crippen molar-refractivity contribution in [2.75, 3.05) is 12.0 Å². The summed E-state index contributed by atoms with van der Waals surface area (Å²) in [5, 5.41) is 3.50. The van der Waals surface area contributed by atoms with E-state index in [0.717, 1.165) is 17.3 Å². The molecule has 0 aromatic carbocycles. The number of hydrogen-bond acceptors (Lipinski definition) is 3. The molecule has 1 aromatic heterocycles. The van der Waals surface area contributed by atoms with E-state index in [1.54, 1.807) is 0 Å². The van der Waals surface area contributed by atoms with E-state index in [1.807, 2.05) is 30.8 Å². The summed E-state index contributed by atoms with van der Waals surface area (Å²) < 4.78 is 5.55. The number of rotatable bonds is 5. The van der Waals surface area contributed by atoms with E-state index >= 15 is 0 Å². The maximum absolute atomic E-state index is 5.55. The van der Waals surface area contributed by atoms with E-state index in [4.69, 9.17) is 4.42 Å². The highest BCUT2D eigenvalue weighted by Gasteiger charge is 2.11. The number of nitrogens with one attached hydrogen (secondary N) is 1. The lowest BCUT2D eigenvalue weighted by Crippen LogP contribution is -2.30. The van der Waals surface area contributed by atoms with Gasteiger partial charge < -0.3 is 9.73 Å². The van der Waals surface area contributed by atoms with Gasteiger partial charge in [0.25, 0.3) is 0 Å². The van der Waals surface area contributed by atoms with Crippen LogP contribution in [0.5, 0.6) is 0 Å². The summed E-state index contributed by atoms with van der Waals surface area (Å²) in [5.74, 6) is 3.13. The van der Waals surface area contributed by atoms with Gasteiger partial charge in [-0.05, 0) is 39.2 Å². The van der Waals surface area contributed by atoms with Crippen molar-refractivity contribution in [3.63, 3.8) is 0 Å². The fourth-order valence-electron chi connectivity index (χ4n) is 1.49. The van der Waals surface area contributed by atoms with Crippen LogP contribution in [0, 0.1) is 6.92 Å². The Balaban J connectivity index is 2.45. The highest BCUT2D eigenvalue weighted by Crippen LogP contribution is 2.16. The lowest BCUT2D eigenvalue weighted by molar-refractivity contribution is 0.399. The van der Waals surface area contributed by atoms with Gasteiger partial charge in [0, 0.05) is 11.8 Å². The Bertz CT molecular complexity index is 272. The molecule has 1 heterocycles. The molecule has 0 aliphatic rings. The van der Waals surface area contributed by atoms with E-state index in [9.17, 15) is 0 Å². The quantitative estimate of drug-likeness (QED) is 0.814. The van der Waals surface area contributed by atoms with Crippen molar-refractivity contribution in [2.45, 2.75) is 32.9 Å². The van der Waals surface area contributed by atoms with Crippen molar-refractivity contribution in [3.8, 4) is 0 Å². The fraction of sp³-hybridized carbons (Fsp3) is 0.636. The Morgan fingerprint density at radius 3 is 2.64 bits per heavy atom. The van der Waals surface area contributed by atoms with Gasteiger partial charge in [0.05, 0.1) is 6.04 Å². The number of furan rings is 1. The van der Waals surface area contributed by atoms with Crippen molar-refractivity contribution in [1.82, 2.24) is 5.32 Å². The second kappa shape index (κ2) is 5.47. The van der Waals surface area contributed by atoms with Crippen molar-refractivity contribution in [2.24, 2.45) is 0 Å². The molecule has 1 rings (SSSR count). The third-order valence-corrected chi connectivity index (χ3v) is 2.97. The molecule has 0 saturated heterocycles. The minimum Gasteiger partial charge on any atom is -0.465 e. The first-order chi connectivity index (χ1) is 6.63. The molecule has 0 spiro atoms. The molecule has 0 fully saturated rings. The number of hydrogen-bond donors (Lipinski definition) is 1. The highest BCUT2D eigenvalue weighted by atomic mass is 32.2. The van der Waals surface area contributed by atoms with E-state index in [0.29, 0.717) is 12.1 Å². The minimum absolute atomic E-state index is 0.297. The molecular formula is C11H19NOS. The molecule has 0 saturated carbocycles. The summed E-state index contributed by atoms with van der Waals surface area (Å²) in [6.07, 6.45) is 2.12. The monoisotopic (exact) mass is 213 g/mol. The zero-order valence-electron chi connectivity index (χ0n) is 9.33. The third-order valence-electron chi connectivity index (χ3n) is 2.14. The summed E-state index contributed by atoms with van der Waals surface area (Å²) in [6, 6.07) is 4.86. The fourth-order valence-corrected chi connectivity index (χ4v) is 2.09. The van der Waals surface area contributed by atoms with Gasteiger partial charge in [-0.2, -0.15) is 11.8 Å². The molecule has 80 valence electrons. The zero-order chi connectivity index (χ0) is 10.6. The van der Waals surface area contributed by atoms with Crippen LogP contribution in [0.1, 0.15) is 31.4 Å². The average molecular weight is 213 g/mol. The van der Waals surface area contributed by atoms with Crippen LogP contribution < -0.4 is 5.32 Å². The van der Waals surface area contributed by atoms with Gasteiger partial charge in [-0.15, -0.1) is 0 Å². The van der Waals surface area contributed by atoms with Crippen LogP contribution in [0.15, 0.2) is 16.5 Å². The van der Waals surface area contributed by atoms with Crippen molar-refractivity contribution in [1.29, 1.82) is 0 Å². The number of thioether (sulfide) groups is 1. The lowest BCUT2D eigenvalue weighted by atomic mass is 10.2. The van der Waals surface area contributed by atoms with E-state index in [1.165, 1.54) is 0 Å². The van der Waals surface area contributed by atoms with Gasteiger partial charge in [0.15, 0.2) is 0 Å². The summed E-state index contributed by atoms with van der Waals surface area (Å²) >= 11 is 1.86. The molecule has 2 atom stereocenters. The Labute approximate surface area is 90.5 Å². The molecule has 1 N–H and O–H groups in total. The van der Waals surface area contributed by atoms with Gasteiger partial charge in [-0.1, -0.05) is 0 Å². The molecule has 0 bridgehead atoms. The summed E-state index contributed by atoms with van der Waals surface area (Å²) in [7, 11) is 0. The van der Waals surface area contributed by atoms with Crippen LogP contribution in [-0.4, -0.2) is 18.1 Å². The second-order valence-corrected chi connectivity index (χ2v) is 4.60. The molecule has 2 nitrogen and oxygen atoms in total. The maximum Gasteiger partial charge on any atom is 0.120 e. The third kappa shape index (κ3) is 3.39. The van der Waals surface area contributed by atoms with Crippen LogP contribution in [0.3, 0.4) is 0 Å². The van der Waals surface area contributed by atoms with Gasteiger partial charge in [-0.3, -0.25) is 0 Å². The van der Waals surface area contributed by atoms with Crippen molar-refractivity contribution < 1.29 is 4.42 Å². The Kier molecular flexibility index (Phi) is 4.55. The molecule has 0 aliphatic heterocycles. The van der Waals surface area contributed by atoms with Crippen molar-refractivity contribution >= 4 is 11.8 Å². The highest BCUT2D eigenvalue weighted by molar-refractivity contribution is 7.98. The summed E-state index contributed by atoms with van der Waals surface area (Å²) in [6.45, 7) is 6.31. The van der Waals surface area contributed by atoms with Crippen LogP contribution >= 0.6 is 11.8 Å². The van der Waals surface area contributed by atoms with Crippen molar-refractivity contribution in [3.05, 3.63) is 23.7 Å². The maximum atomic E-state index is 5.55. The first kappa shape index (κ1) is 11.7. The van der Waals surface area contributed by atoms with Crippen LogP contribution in [0.25, 0.3) is 0 Å². The zero-order valence-corrected chi connectivity index (χ0v) is 10.1. The molecule has 3 heteroatoms. The molecule has 2 unspecified atom stereocenters. The first-order valence-electron chi connectivity index (χ1n) is 4.94. The Hall–Kier alpha value is -0.410. The smallest absolute Gasteiger partial charge is 0.120 e. The predicted octanol–water partition coefficient (Wildman–Crippen LogP) is 2.99. The summed E-state index contributed by atoms with van der Waals surface area (Å²) in [4.78, 5) is 0. The van der Waals surface area contributed by atoms with Crippen LogP contribution in [-0.2, 0) is 0 Å². The predicted molar refractivity (Wildman–Crippen MR) is 62.8 cm³/mol. The number of aryl methyl sites for hydroxylation is 1. The minimum atomic E-state index is 0.297. The first-order valence-corrected chi connectivity index (χ1v) is 6.34. The summed E-state index contributed by atoms with van der Waals surface area (Å²) in [5.41, 5.74) is 0. The normalized spacial score (nSPS) is 15.4. The molecule has 0 aliphatic carbocycles. The SMILES string of the molecule is CSCC(C)NC(C)c1ccc(C)o1. The second-order valence-electron chi connectivity index (χ2n) is 3.69. The lowest BCUT2D eigenvalue weighted by Gasteiger charge is -2.17.